The molecule has 0 aliphatic heterocycles. The highest BCUT2D eigenvalue weighted by atomic mass is 16.5. The standard InChI is InChI=1S/C16H21NO5/c1-21-14-7-6-12(8-13(14)15(18)19)22-16(20)11-4-2-10(9-17)3-5-11/h6-8,10-11H,2-5,9,17H2,1H3,(H,18,19). The highest BCUT2D eigenvalue weighted by Gasteiger charge is 2.27. The van der Waals surface area contributed by atoms with Crippen LogP contribution in [-0.2, 0) is 4.79 Å². The summed E-state index contributed by atoms with van der Waals surface area (Å²) >= 11 is 0. The molecule has 120 valence electrons. The van der Waals surface area contributed by atoms with Crippen molar-refractivity contribution >= 4 is 11.9 Å². The van der Waals surface area contributed by atoms with E-state index in [0.717, 1.165) is 25.7 Å². The molecule has 1 aliphatic carbocycles. The second kappa shape index (κ2) is 7.26. The van der Waals surface area contributed by atoms with Crippen LogP contribution in [0.25, 0.3) is 0 Å². The number of methoxy groups -OCH3 is 1. The number of carboxylic acid groups (broad SMARTS) is 1. The molecule has 0 aromatic heterocycles. The molecule has 1 aromatic carbocycles. The van der Waals surface area contributed by atoms with Crippen molar-refractivity contribution in [3.8, 4) is 11.5 Å². The van der Waals surface area contributed by atoms with Crippen molar-refractivity contribution in [2.75, 3.05) is 13.7 Å². The van der Waals surface area contributed by atoms with Crippen molar-refractivity contribution in [3.05, 3.63) is 23.8 Å². The van der Waals surface area contributed by atoms with E-state index in [2.05, 4.69) is 0 Å². The van der Waals surface area contributed by atoms with E-state index >= 15 is 0 Å². The fraction of sp³-hybridized carbons (Fsp3) is 0.500. The van der Waals surface area contributed by atoms with E-state index in [9.17, 15) is 9.59 Å². The lowest BCUT2D eigenvalue weighted by Crippen LogP contribution is -2.28. The van der Waals surface area contributed by atoms with E-state index in [4.69, 9.17) is 20.3 Å². The number of benzene rings is 1. The first kappa shape index (κ1) is 16.3. The smallest absolute Gasteiger partial charge is 0.339 e. The average Bonchev–Trinajstić information content (AvgIpc) is 2.54. The molecule has 1 aromatic rings. The molecule has 1 saturated carbocycles. The number of rotatable bonds is 5. The Morgan fingerprint density at radius 1 is 1.27 bits per heavy atom. The monoisotopic (exact) mass is 307 g/mol. The van der Waals surface area contributed by atoms with E-state index in [-0.39, 0.29) is 28.9 Å². The van der Waals surface area contributed by atoms with Crippen molar-refractivity contribution in [1.29, 1.82) is 0 Å². The number of hydrogen-bond acceptors (Lipinski definition) is 5. The zero-order chi connectivity index (χ0) is 16.1. The van der Waals surface area contributed by atoms with Crippen LogP contribution in [0, 0.1) is 11.8 Å². The van der Waals surface area contributed by atoms with Gasteiger partial charge in [0.05, 0.1) is 13.0 Å². The van der Waals surface area contributed by atoms with Gasteiger partial charge in [-0.15, -0.1) is 0 Å². The largest absolute Gasteiger partial charge is 0.496 e. The van der Waals surface area contributed by atoms with Crippen LogP contribution in [0.5, 0.6) is 11.5 Å². The molecule has 3 N–H and O–H groups in total. The molecule has 0 spiro atoms. The number of carbonyl (C=O) groups excluding carboxylic acids is 1. The van der Waals surface area contributed by atoms with Gasteiger partial charge in [0.2, 0.25) is 0 Å². The zero-order valence-corrected chi connectivity index (χ0v) is 12.6. The number of carbonyl (C=O) groups is 2. The van der Waals surface area contributed by atoms with Crippen LogP contribution in [0.15, 0.2) is 18.2 Å². The molecule has 6 nitrogen and oxygen atoms in total. The minimum Gasteiger partial charge on any atom is -0.496 e. The van der Waals surface area contributed by atoms with Gasteiger partial charge in [-0.2, -0.15) is 0 Å². The van der Waals surface area contributed by atoms with Crippen molar-refractivity contribution < 1.29 is 24.2 Å². The van der Waals surface area contributed by atoms with Gasteiger partial charge in [0.1, 0.15) is 17.1 Å². The Morgan fingerprint density at radius 2 is 1.95 bits per heavy atom. The SMILES string of the molecule is COc1ccc(OC(=O)C2CCC(CN)CC2)cc1C(=O)O. The van der Waals surface area contributed by atoms with Crippen LogP contribution in [0.3, 0.4) is 0 Å². The van der Waals surface area contributed by atoms with Crippen molar-refractivity contribution in [2.24, 2.45) is 17.6 Å². The molecular formula is C16H21NO5. The van der Waals surface area contributed by atoms with Crippen LogP contribution >= 0.6 is 0 Å². The molecule has 1 fully saturated rings. The Morgan fingerprint density at radius 3 is 2.50 bits per heavy atom. The summed E-state index contributed by atoms with van der Waals surface area (Å²) in [5.41, 5.74) is 5.61. The summed E-state index contributed by atoms with van der Waals surface area (Å²) < 4.78 is 10.3. The van der Waals surface area contributed by atoms with E-state index in [1.807, 2.05) is 0 Å². The van der Waals surface area contributed by atoms with Crippen LogP contribution in [0.2, 0.25) is 0 Å². The third-order valence-electron chi connectivity index (χ3n) is 4.13. The van der Waals surface area contributed by atoms with Crippen molar-refractivity contribution in [3.63, 3.8) is 0 Å². The van der Waals surface area contributed by atoms with E-state index in [0.29, 0.717) is 12.5 Å². The number of nitrogens with two attached hydrogens (primary N) is 1. The molecular weight excluding hydrogens is 286 g/mol. The maximum Gasteiger partial charge on any atom is 0.339 e. The first-order valence-corrected chi connectivity index (χ1v) is 7.38. The fourth-order valence-electron chi connectivity index (χ4n) is 2.75. The summed E-state index contributed by atoms with van der Waals surface area (Å²) in [5, 5.41) is 9.13. The number of hydrogen-bond donors (Lipinski definition) is 2. The lowest BCUT2D eigenvalue weighted by molar-refractivity contribution is -0.140. The topological polar surface area (TPSA) is 98.9 Å². The van der Waals surface area contributed by atoms with Crippen LogP contribution in [0.1, 0.15) is 36.0 Å². The van der Waals surface area contributed by atoms with Crippen LogP contribution in [-0.4, -0.2) is 30.7 Å². The van der Waals surface area contributed by atoms with E-state index in [1.165, 1.54) is 25.3 Å². The van der Waals surface area contributed by atoms with Gasteiger partial charge in [-0.1, -0.05) is 0 Å². The van der Waals surface area contributed by atoms with Gasteiger partial charge in [0.15, 0.2) is 0 Å². The van der Waals surface area contributed by atoms with Gasteiger partial charge < -0.3 is 20.3 Å². The first-order valence-electron chi connectivity index (χ1n) is 7.38. The maximum atomic E-state index is 12.2. The average molecular weight is 307 g/mol. The molecule has 22 heavy (non-hydrogen) atoms. The number of ether oxygens (including phenoxy) is 2. The van der Waals surface area contributed by atoms with Gasteiger partial charge >= 0.3 is 11.9 Å². The summed E-state index contributed by atoms with van der Waals surface area (Å²) in [6.07, 6.45) is 3.39. The predicted octanol–water partition coefficient (Wildman–Crippen LogP) is 2.06. The molecule has 0 atom stereocenters. The minimum absolute atomic E-state index is 0.0281. The van der Waals surface area contributed by atoms with Crippen LogP contribution in [0.4, 0.5) is 0 Å². The molecule has 0 radical (unpaired) electrons. The summed E-state index contributed by atoms with van der Waals surface area (Å²) in [5.74, 6) is -0.628. The van der Waals surface area contributed by atoms with Gasteiger partial charge in [0, 0.05) is 0 Å². The summed E-state index contributed by atoms with van der Waals surface area (Å²) in [6.45, 7) is 0.655. The summed E-state index contributed by atoms with van der Waals surface area (Å²) in [4.78, 5) is 23.3. The Labute approximate surface area is 129 Å². The van der Waals surface area contributed by atoms with Gasteiger partial charge in [0.25, 0.3) is 0 Å². The van der Waals surface area contributed by atoms with Gasteiger partial charge in [-0.3, -0.25) is 4.79 Å². The lowest BCUT2D eigenvalue weighted by atomic mass is 9.82. The highest BCUT2D eigenvalue weighted by molar-refractivity contribution is 5.91. The lowest BCUT2D eigenvalue weighted by Gasteiger charge is -2.26. The van der Waals surface area contributed by atoms with Crippen molar-refractivity contribution in [1.82, 2.24) is 0 Å². The van der Waals surface area contributed by atoms with Gasteiger partial charge in [-0.25, -0.2) is 4.79 Å². The molecule has 0 bridgehead atoms. The van der Waals surface area contributed by atoms with Gasteiger partial charge in [-0.05, 0) is 56.3 Å². The molecule has 6 heteroatoms. The Bertz CT molecular complexity index is 549. The number of carboxylic acids is 1. The number of aromatic carboxylic acids is 1. The molecule has 2 rings (SSSR count). The minimum atomic E-state index is -1.13. The fourth-order valence-corrected chi connectivity index (χ4v) is 2.75. The van der Waals surface area contributed by atoms with E-state index in [1.54, 1.807) is 0 Å². The van der Waals surface area contributed by atoms with Crippen LogP contribution < -0.4 is 15.2 Å². The first-order chi connectivity index (χ1) is 10.5. The summed E-state index contributed by atoms with van der Waals surface area (Å²) in [6, 6.07) is 4.33. The zero-order valence-electron chi connectivity index (χ0n) is 12.6. The molecule has 1 aliphatic rings. The Balaban J connectivity index is 2.03. The normalized spacial score (nSPS) is 21.2. The summed E-state index contributed by atoms with van der Waals surface area (Å²) in [7, 11) is 1.39. The molecule has 0 heterocycles. The maximum absolute atomic E-state index is 12.2. The Kier molecular flexibility index (Phi) is 5.38. The molecule has 0 amide bonds. The third-order valence-corrected chi connectivity index (χ3v) is 4.13. The van der Waals surface area contributed by atoms with E-state index < -0.39 is 5.97 Å². The Hall–Kier alpha value is -2.08. The predicted molar refractivity (Wildman–Crippen MR) is 80.1 cm³/mol. The van der Waals surface area contributed by atoms with Crippen molar-refractivity contribution in [2.45, 2.75) is 25.7 Å². The quantitative estimate of drug-likeness (QED) is 0.638. The molecule has 0 unspecified atom stereocenters. The molecule has 0 saturated heterocycles. The number of esters is 1. The second-order valence-corrected chi connectivity index (χ2v) is 5.54. The second-order valence-electron chi connectivity index (χ2n) is 5.54. The third kappa shape index (κ3) is 3.76. The highest BCUT2D eigenvalue weighted by Crippen LogP contribution is 2.30.